The number of halogens is 2. The van der Waals surface area contributed by atoms with Crippen LogP contribution in [-0.4, -0.2) is 46.3 Å². The predicted octanol–water partition coefficient (Wildman–Crippen LogP) is 3.58. The fraction of sp³-hybridized carbons (Fsp3) is 0.545. The molecule has 5 nitrogen and oxygen atoms in total. The number of carbonyl (C=O) groups excluding carboxylic acids is 1. The first kappa shape index (κ1) is 21.8. The number of benzene rings is 1. The number of aromatic nitrogens is 2. The van der Waals surface area contributed by atoms with Crippen LogP contribution in [0, 0.1) is 25.6 Å². The normalized spacial score (nSPS) is 17.3. The Balaban J connectivity index is 0.00000240. The summed E-state index contributed by atoms with van der Waals surface area (Å²) in [4.78, 5) is 14.9. The third kappa shape index (κ3) is 5.17. The molecule has 0 unspecified atom stereocenters. The standard InChI is InChI=1S/C22H29FN4O.ClH/c1-15-21(16(2)27(25-15)20-7-5-18(23)6-8-20)13-22(28)26-11-9-19(10-12-26)24-14-17-3-4-17;/h5-8,17,19,24H,3-4,9-14H2,1-2H3;1H. The maximum Gasteiger partial charge on any atom is 0.227 e. The van der Waals surface area contributed by atoms with Crippen molar-refractivity contribution < 1.29 is 9.18 Å². The number of nitrogens with zero attached hydrogens (tertiary/aromatic N) is 3. The zero-order valence-corrected chi connectivity index (χ0v) is 18.0. The highest BCUT2D eigenvalue weighted by atomic mass is 35.5. The monoisotopic (exact) mass is 420 g/mol. The number of carbonyl (C=O) groups is 1. The van der Waals surface area contributed by atoms with E-state index in [1.807, 2.05) is 18.7 Å². The zero-order chi connectivity index (χ0) is 19.7. The van der Waals surface area contributed by atoms with Crippen molar-refractivity contribution in [2.75, 3.05) is 19.6 Å². The molecule has 2 aliphatic rings. The Bertz CT molecular complexity index is 839. The third-order valence-corrected chi connectivity index (χ3v) is 6.08. The highest BCUT2D eigenvalue weighted by molar-refractivity contribution is 5.85. The zero-order valence-electron chi connectivity index (χ0n) is 17.2. The average Bonchev–Trinajstić information content (AvgIpc) is 3.49. The van der Waals surface area contributed by atoms with Gasteiger partial charge in [-0.1, -0.05) is 0 Å². The molecule has 0 spiro atoms. The van der Waals surface area contributed by atoms with Gasteiger partial charge in [0.1, 0.15) is 5.82 Å². The van der Waals surface area contributed by atoms with Crippen molar-refractivity contribution in [1.82, 2.24) is 20.0 Å². The predicted molar refractivity (Wildman–Crippen MR) is 114 cm³/mol. The minimum atomic E-state index is -0.268. The van der Waals surface area contributed by atoms with Crippen LogP contribution in [0.15, 0.2) is 24.3 Å². The van der Waals surface area contributed by atoms with E-state index in [9.17, 15) is 9.18 Å². The van der Waals surface area contributed by atoms with E-state index in [0.29, 0.717) is 12.5 Å². The van der Waals surface area contributed by atoms with Crippen molar-refractivity contribution in [3.05, 3.63) is 47.0 Å². The molecule has 1 saturated carbocycles. The Morgan fingerprint density at radius 2 is 1.79 bits per heavy atom. The van der Waals surface area contributed by atoms with Gasteiger partial charge in [-0.2, -0.15) is 5.10 Å². The molecule has 2 heterocycles. The second-order valence-electron chi connectivity index (χ2n) is 8.22. The second-order valence-corrected chi connectivity index (χ2v) is 8.22. The molecule has 0 radical (unpaired) electrons. The van der Waals surface area contributed by atoms with Crippen LogP contribution in [0.4, 0.5) is 4.39 Å². The molecule has 2 fully saturated rings. The lowest BCUT2D eigenvalue weighted by atomic mass is 10.0. The molecule has 1 aliphatic heterocycles. The van der Waals surface area contributed by atoms with Gasteiger partial charge in [-0.05, 0) is 76.3 Å². The third-order valence-electron chi connectivity index (χ3n) is 6.08. The van der Waals surface area contributed by atoms with E-state index in [0.717, 1.165) is 61.0 Å². The minimum Gasteiger partial charge on any atom is -0.342 e. The molecule has 1 aliphatic carbocycles. The minimum absolute atomic E-state index is 0. The van der Waals surface area contributed by atoms with Crippen LogP contribution in [0.5, 0.6) is 0 Å². The first-order chi connectivity index (χ1) is 13.5. The summed E-state index contributed by atoms with van der Waals surface area (Å²) in [7, 11) is 0. The molecule has 1 saturated heterocycles. The number of piperidine rings is 1. The van der Waals surface area contributed by atoms with E-state index in [1.54, 1.807) is 16.8 Å². The van der Waals surface area contributed by atoms with E-state index < -0.39 is 0 Å². The Morgan fingerprint density at radius 1 is 1.14 bits per heavy atom. The van der Waals surface area contributed by atoms with E-state index in [-0.39, 0.29) is 24.1 Å². The van der Waals surface area contributed by atoms with Crippen molar-refractivity contribution in [3.8, 4) is 5.69 Å². The SMILES string of the molecule is Cc1nn(-c2ccc(F)cc2)c(C)c1CC(=O)N1CCC(NCC2CC2)CC1.Cl. The van der Waals surface area contributed by atoms with Gasteiger partial charge >= 0.3 is 0 Å². The van der Waals surface area contributed by atoms with Gasteiger partial charge in [0.25, 0.3) is 0 Å². The van der Waals surface area contributed by atoms with Crippen molar-refractivity contribution in [2.45, 2.75) is 52.0 Å². The summed E-state index contributed by atoms with van der Waals surface area (Å²) < 4.78 is 15.0. The van der Waals surface area contributed by atoms with Crippen molar-refractivity contribution in [2.24, 2.45) is 5.92 Å². The Kier molecular flexibility index (Phi) is 6.96. The molecule has 1 aromatic carbocycles. The van der Waals surface area contributed by atoms with E-state index in [2.05, 4.69) is 10.4 Å². The first-order valence-electron chi connectivity index (χ1n) is 10.3. The number of aryl methyl sites for hydroxylation is 1. The Hall–Kier alpha value is -1.92. The Morgan fingerprint density at radius 3 is 2.41 bits per heavy atom. The smallest absolute Gasteiger partial charge is 0.227 e. The highest BCUT2D eigenvalue weighted by Gasteiger charge is 2.27. The second kappa shape index (κ2) is 9.26. The van der Waals surface area contributed by atoms with E-state index in [1.165, 1.54) is 25.0 Å². The lowest BCUT2D eigenvalue weighted by Crippen LogP contribution is -2.45. The summed E-state index contributed by atoms with van der Waals surface area (Å²) in [6.45, 7) is 6.69. The summed E-state index contributed by atoms with van der Waals surface area (Å²) in [5.74, 6) is 0.796. The van der Waals surface area contributed by atoms with Crippen LogP contribution in [0.3, 0.4) is 0 Å². The van der Waals surface area contributed by atoms with E-state index >= 15 is 0 Å². The number of rotatable bonds is 6. The fourth-order valence-corrected chi connectivity index (χ4v) is 4.02. The van der Waals surface area contributed by atoms with Gasteiger partial charge in [-0.3, -0.25) is 4.79 Å². The largest absolute Gasteiger partial charge is 0.342 e. The highest BCUT2D eigenvalue weighted by Crippen LogP contribution is 2.28. The quantitative estimate of drug-likeness (QED) is 0.777. The van der Waals surface area contributed by atoms with Gasteiger partial charge in [0, 0.05) is 30.4 Å². The number of hydrogen-bond acceptors (Lipinski definition) is 3. The molecule has 7 heteroatoms. The maximum atomic E-state index is 13.2. The number of nitrogens with one attached hydrogen (secondary N) is 1. The average molecular weight is 421 g/mol. The number of amides is 1. The van der Waals surface area contributed by atoms with E-state index in [4.69, 9.17) is 0 Å². The first-order valence-corrected chi connectivity index (χ1v) is 10.3. The topological polar surface area (TPSA) is 50.2 Å². The lowest BCUT2D eigenvalue weighted by molar-refractivity contribution is -0.131. The molecular weight excluding hydrogens is 391 g/mol. The van der Waals surface area contributed by atoms with Gasteiger partial charge in [0.15, 0.2) is 0 Å². The molecule has 158 valence electrons. The maximum absolute atomic E-state index is 13.2. The van der Waals surface area contributed by atoms with Crippen LogP contribution in [0.1, 0.15) is 42.6 Å². The van der Waals surface area contributed by atoms with Gasteiger partial charge in [-0.25, -0.2) is 9.07 Å². The fourth-order valence-electron chi connectivity index (χ4n) is 4.02. The van der Waals surface area contributed by atoms with Crippen LogP contribution >= 0.6 is 12.4 Å². The molecule has 1 N–H and O–H groups in total. The molecule has 4 rings (SSSR count). The van der Waals surface area contributed by atoms with Gasteiger partial charge < -0.3 is 10.2 Å². The van der Waals surface area contributed by atoms with Crippen molar-refractivity contribution in [1.29, 1.82) is 0 Å². The van der Waals surface area contributed by atoms with Crippen LogP contribution in [-0.2, 0) is 11.2 Å². The number of likely N-dealkylation sites (tertiary alicyclic amines) is 1. The molecule has 2 aromatic rings. The van der Waals surface area contributed by atoms with Gasteiger partial charge in [0.2, 0.25) is 5.91 Å². The van der Waals surface area contributed by atoms with Gasteiger partial charge in [0.05, 0.1) is 17.8 Å². The lowest BCUT2D eigenvalue weighted by Gasteiger charge is -2.32. The summed E-state index contributed by atoms with van der Waals surface area (Å²) >= 11 is 0. The van der Waals surface area contributed by atoms with Crippen LogP contribution in [0.2, 0.25) is 0 Å². The van der Waals surface area contributed by atoms with Crippen molar-refractivity contribution in [3.63, 3.8) is 0 Å². The van der Waals surface area contributed by atoms with Crippen LogP contribution in [0.25, 0.3) is 5.69 Å². The summed E-state index contributed by atoms with van der Waals surface area (Å²) in [5.41, 5.74) is 3.58. The molecule has 29 heavy (non-hydrogen) atoms. The molecule has 0 atom stereocenters. The summed E-state index contributed by atoms with van der Waals surface area (Å²) in [6.07, 6.45) is 5.18. The number of hydrogen-bond donors (Lipinski definition) is 1. The molecular formula is C22H30ClFN4O. The molecule has 1 amide bonds. The molecule has 1 aromatic heterocycles. The summed E-state index contributed by atoms with van der Waals surface area (Å²) in [5, 5.41) is 8.24. The van der Waals surface area contributed by atoms with Crippen molar-refractivity contribution >= 4 is 18.3 Å². The Labute approximate surface area is 178 Å². The van der Waals surface area contributed by atoms with Crippen LogP contribution < -0.4 is 5.32 Å². The molecule has 0 bridgehead atoms. The van der Waals surface area contributed by atoms with Gasteiger partial charge in [-0.15, -0.1) is 12.4 Å². The summed E-state index contributed by atoms with van der Waals surface area (Å²) in [6, 6.07) is 6.82.